The molecule has 27 heavy (non-hydrogen) atoms. The lowest BCUT2D eigenvalue weighted by atomic mass is 9.55. The van der Waals surface area contributed by atoms with Crippen LogP contribution in [0.3, 0.4) is 0 Å². The topological polar surface area (TPSA) is 22.1 Å². The predicted molar refractivity (Wildman–Crippen MR) is 112 cm³/mol. The van der Waals surface area contributed by atoms with Gasteiger partial charge < -0.3 is 4.65 Å². The molecule has 4 rings (SSSR count). The van der Waals surface area contributed by atoms with Crippen LogP contribution in [0.15, 0.2) is 115 Å². The SMILES string of the molecule is c1ccc(B(OC(c2ccccc2)c2ccccn2)c2ccccc2)cc1. The van der Waals surface area contributed by atoms with Gasteiger partial charge in [-0.2, -0.15) is 0 Å². The Balaban J connectivity index is 1.77. The van der Waals surface area contributed by atoms with Crippen molar-refractivity contribution in [1.29, 1.82) is 0 Å². The van der Waals surface area contributed by atoms with E-state index in [-0.39, 0.29) is 13.0 Å². The van der Waals surface area contributed by atoms with Crippen molar-refractivity contribution in [3.63, 3.8) is 0 Å². The molecule has 0 bridgehead atoms. The molecular weight excluding hydrogens is 329 g/mol. The van der Waals surface area contributed by atoms with Crippen molar-refractivity contribution in [2.75, 3.05) is 0 Å². The molecule has 0 amide bonds. The molecule has 0 aliphatic heterocycles. The Kier molecular flexibility index (Phi) is 5.42. The molecule has 0 spiro atoms. The van der Waals surface area contributed by atoms with E-state index in [0.29, 0.717) is 0 Å². The molecule has 1 atom stereocenters. The number of hydrogen-bond acceptors (Lipinski definition) is 2. The molecule has 1 unspecified atom stereocenters. The smallest absolute Gasteiger partial charge is 0.362 e. The number of rotatable bonds is 6. The molecule has 0 N–H and O–H groups in total. The van der Waals surface area contributed by atoms with E-state index in [4.69, 9.17) is 4.65 Å². The zero-order valence-electron chi connectivity index (χ0n) is 15.0. The minimum Gasteiger partial charge on any atom is -0.414 e. The van der Waals surface area contributed by atoms with Crippen LogP contribution in [-0.2, 0) is 4.65 Å². The summed E-state index contributed by atoms with van der Waals surface area (Å²) in [5.41, 5.74) is 4.25. The summed E-state index contributed by atoms with van der Waals surface area (Å²) in [7, 11) is 0. The Morgan fingerprint density at radius 3 is 1.63 bits per heavy atom. The third-order valence-corrected chi connectivity index (χ3v) is 4.54. The Hall–Kier alpha value is -3.17. The van der Waals surface area contributed by atoms with Gasteiger partial charge in [0.1, 0.15) is 6.10 Å². The largest absolute Gasteiger partial charge is 0.414 e. The fourth-order valence-electron chi connectivity index (χ4n) is 3.22. The summed E-state index contributed by atoms with van der Waals surface area (Å²) in [6.07, 6.45) is 1.56. The van der Waals surface area contributed by atoms with Gasteiger partial charge in [-0.25, -0.2) is 0 Å². The first-order valence-corrected chi connectivity index (χ1v) is 9.13. The molecule has 0 aliphatic rings. The first kappa shape index (κ1) is 17.3. The first-order chi connectivity index (χ1) is 13.4. The Morgan fingerprint density at radius 2 is 1.11 bits per heavy atom. The highest BCUT2D eigenvalue weighted by atomic mass is 16.4. The molecular formula is C24H20BNO. The van der Waals surface area contributed by atoms with Crippen molar-refractivity contribution in [2.45, 2.75) is 6.10 Å². The van der Waals surface area contributed by atoms with Gasteiger partial charge in [-0.05, 0) is 28.6 Å². The molecule has 0 saturated carbocycles. The van der Waals surface area contributed by atoms with Gasteiger partial charge >= 0.3 is 6.92 Å². The van der Waals surface area contributed by atoms with Crippen molar-refractivity contribution in [3.8, 4) is 0 Å². The molecule has 2 nitrogen and oxygen atoms in total. The van der Waals surface area contributed by atoms with Crippen LogP contribution < -0.4 is 10.9 Å². The summed E-state index contributed by atoms with van der Waals surface area (Å²) in [5, 5.41) is 0. The summed E-state index contributed by atoms with van der Waals surface area (Å²) in [6.45, 7) is -0.181. The molecule has 0 radical (unpaired) electrons. The van der Waals surface area contributed by atoms with Crippen LogP contribution in [0.4, 0.5) is 0 Å². The summed E-state index contributed by atoms with van der Waals surface area (Å²) in [6, 6.07) is 36.9. The molecule has 0 aliphatic carbocycles. The fraction of sp³-hybridized carbons (Fsp3) is 0.0417. The van der Waals surface area contributed by atoms with E-state index in [9.17, 15) is 0 Å². The first-order valence-electron chi connectivity index (χ1n) is 9.13. The number of aromatic nitrogens is 1. The van der Waals surface area contributed by atoms with Crippen LogP contribution in [0, 0.1) is 0 Å². The summed E-state index contributed by atoms with van der Waals surface area (Å²) < 4.78 is 6.73. The minimum atomic E-state index is -0.252. The molecule has 3 aromatic carbocycles. The summed E-state index contributed by atoms with van der Waals surface area (Å²) >= 11 is 0. The van der Waals surface area contributed by atoms with Crippen molar-refractivity contribution in [1.82, 2.24) is 4.98 Å². The monoisotopic (exact) mass is 349 g/mol. The zero-order valence-corrected chi connectivity index (χ0v) is 15.0. The van der Waals surface area contributed by atoms with Gasteiger partial charge in [-0.1, -0.05) is 97.1 Å². The van der Waals surface area contributed by atoms with Crippen LogP contribution in [0.1, 0.15) is 17.4 Å². The minimum absolute atomic E-state index is 0.181. The van der Waals surface area contributed by atoms with Crippen LogP contribution >= 0.6 is 0 Å². The maximum atomic E-state index is 6.73. The number of nitrogens with zero attached hydrogens (tertiary/aromatic N) is 1. The lowest BCUT2D eigenvalue weighted by molar-refractivity contribution is 0.253. The van der Waals surface area contributed by atoms with Gasteiger partial charge in [-0.3, -0.25) is 4.98 Å². The lowest BCUT2D eigenvalue weighted by Crippen LogP contribution is -2.45. The van der Waals surface area contributed by atoms with Gasteiger partial charge in [0.15, 0.2) is 0 Å². The van der Waals surface area contributed by atoms with Crippen molar-refractivity contribution in [2.24, 2.45) is 0 Å². The number of pyridine rings is 1. The van der Waals surface area contributed by atoms with Crippen molar-refractivity contribution >= 4 is 17.8 Å². The molecule has 0 saturated heterocycles. The molecule has 1 heterocycles. The van der Waals surface area contributed by atoms with Gasteiger partial charge in [0, 0.05) is 6.20 Å². The van der Waals surface area contributed by atoms with Crippen LogP contribution in [0.5, 0.6) is 0 Å². The van der Waals surface area contributed by atoms with Gasteiger partial charge in [0.05, 0.1) is 5.69 Å². The fourth-order valence-corrected chi connectivity index (χ4v) is 3.22. The molecule has 3 heteroatoms. The maximum absolute atomic E-state index is 6.73. The molecule has 130 valence electrons. The van der Waals surface area contributed by atoms with Crippen molar-refractivity contribution in [3.05, 3.63) is 127 Å². The van der Waals surface area contributed by atoms with Gasteiger partial charge in [0.2, 0.25) is 0 Å². The van der Waals surface area contributed by atoms with E-state index in [1.807, 2.05) is 79.0 Å². The maximum Gasteiger partial charge on any atom is 0.362 e. The van der Waals surface area contributed by atoms with E-state index in [1.54, 1.807) is 0 Å². The normalized spacial score (nSPS) is 11.7. The third kappa shape index (κ3) is 4.16. The van der Waals surface area contributed by atoms with E-state index < -0.39 is 0 Å². The second-order valence-corrected chi connectivity index (χ2v) is 6.38. The summed E-state index contributed by atoms with van der Waals surface area (Å²) in [5.74, 6) is 0. The van der Waals surface area contributed by atoms with Crippen LogP contribution in [0.2, 0.25) is 0 Å². The number of hydrogen-bond donors (Lipinski definition) is 0. The molecule has 1 aromatic heterocycles. The highest BCUT2D eigenvalue weighted by molar-refractivity contribution is 6.80. The van der Waals surface area contributed by atoms with E-state index in [0.717, 1.165) is 22.2 Å². The van der Waals surface area contributed by atoms with E-state index in [1.165, 1.54) is 0 Å². The predicted octanol–water partition coefficient (Wildman–Crippen LogP) is 3.99. The van der Waals surface area contributed by atoms with Gasteiger partial charge in [-0.15, -0.1) is 0 Å². The lowest BCUT2D eigenvalue weighted by Gasteiger charge is -2.24. The number of benzene rings is 3. The molecule has 4 aromatic rings. The zero-order chi connectivity index (χ0) is 18.3. The van der Waals surface area contributed by atoms with E-state index >= 15 is 0 Å². The molecule has 0 fully saturated rings. The Bertz CT molecular complexity index is 787. The van der Waals surface area contributed by atoms with Crippen LogP contribution in [-0.4, -0.2) is 11.9 Å². The summed E-state index contributed by atoms with van der Waals surface area (Å²) in [4.78, 5) is 4.57. The highest BCUT2D eigenvalue weighted by Crippen LogP contribution is 2.25. The third-order valence-electron chi connectivity index (χ3n) is 4.54. The average Bonchev–Trinajstić information content (AvgIpc) is 2.77. The van der Waals surface area contributed by atoms with Gasteiger partial charge in [0.25, 0.3) is 0 Å². The standard InChI is InChI=1S/C24H20BNO/c1-4-12-20(13-5-1)24(23-18-10-11-19-26-23)27-25(21-14-6-2-7-15-21)22-16-8-3-9-17-22/h1-19,24H. The average molecular weight is 349 g/mol. The second-order valence-electron chi connectivity index (χ2n) is 6.38. The van der Waals surface area contributed by atoms with E-state index in [2.05, 4.69) is 41.4 Å². The highest BCUT2D eigenvalue weighted by Gasteiger charge is 2.27. The Labute approximate surface area is 160 Å². The Morgan fingerprint density at radius 1 is 0.593 bits per heavy atom. The van der Waals surface area contributed by atoms with Crippen molar-refractivity contribution < 1.29 is 4.65 Å². The quantitative estimate of drug-likeness (QED) is 0.491. The van der Waals surface area contributed by atoms with Crippen LogP contribution in [0.25, 0.3) is 0 Å². The second kappa shape index (κ2) is 8.48.